The first-order valence-corrected chi connectivity index (χ1v) is 11.1. The number of halogens is 2. The molecule has 2 amide bonds. The Morgan fingerprint density at radius 1 is 0.943 bits per heavy atom. The summed E-state index contributed by atoms with van der Waals surface area (Å²) in [6, 6.07) is 16.0. The Kier molecular flexibility index (Phi) is 5.66. The lowest BCUT2D eigenvalue weighted by Crippen LogP contribution is -2.39. The van der Waals surface area contributed by atoms with Crippen LogP contribution in [0.2, 0.25) is 10.0 Å². The second-order valence-electron chi connectivity index (χ2n) is 7.86. The lowest BCUT2D eigenvalue weighted by Gasteiger charge is -2.22. The van der Waals surface area contributed by atoms with Crippen LogP contribution in [0, 0.1) is 16.0 Å². The fraction of sp³-hybridized carbons (Fsp3) is 0.125. The lowest BCUT2D eigenvalue weighted by molar-refractivity contribution is -0.384. The summed E-state index contributed by atoms with van der Waals surface area (Å²) in [6.07, 6.45) is 0. The number of fused-ring (bicyclic) bond motifs is 1. The maximum Gasteiger partial charge on any atom is 0.269 e. The molecular weight excluding hydrogens is 495 g/mol. The normalized spacial score (nSPS) is 19.1. The van der Waals surface area contributed by atoms with Crippen molar-refractivity contribution in [1.82, 2.24) is 0 Å². The van der Waals surface area contributed by atoms with E-state index in [-0.39, 0.29) is 10.7 Å². The quantitative estimate of drug-likeness (QED) is 0.280. The van der Waals surface area contributed by atoms with Crippen LogP contribution in [-0.2, 0) is 9.59 Å². The number of non-ortho nitro benzene ring substituents is 1. The van der Waals surface area contributed by atoms with E-state index in [0.29, 0.717) is 33.4 Å². The topological polar surface area (TPSA) is 105 Å². The lowest BCUT2D eigenvalue weighted by atomic mass is 9.92. The van der Waals surface area contributed by atoms with E-state index in [4.69, 9.17) is 27.9 Å². The summed E-state index contributed by atoms with van der Waals surface area (Å²) in [7, 11) is 1.52. The van der Waals surface area contributed by atoms with E-state index in [1.165, 1.54) is 42.5 Å². The number of hydrogen-bond donors (Lipinski definition) is 0. The first-order chi connectivity index (χ1) is 16.8. The molecule has 0 bridgehead atoms. The van der Waals surface area contributed by atoms with Crippen molar-refractivity contribution in [2.45, 2.75) is 6.04 Å². The molecule has 1 fully saturated rings. The SMILES string of the molecule is COc1ccc(N2C(=O)C3C(c4ccc(Cl)cc4Cl)=NN(c4ccc([N+](=O)[O-])cc4)C3C2=O)cc1. The summed E-state index contributed by atoms with van der Waals surface area (Å²) in [5.41, 5.74) is 1.48. The number of imide groups is 1. The van der Waals surface area contributed by atoms with Gasteiger partial charge in [0.15, 0.2) is 0 Å². The van der Waals surface area contributed by atoms with Gasteiger partial charge in [0.25, 0.3) is 11.6 Å². The average molecular weight is 511 g/mol. The van der Waals surface area contributed by atoms with Crippen LogP contribution in [0.25, 0.3) is 0 Å². The Bertz CT molecular complexity index is 1390. The summed E-state index contributed by atoms with van der Waals surface area (Å²) in [5, 5.41) is 17.8. The third-order valence-electron chi connectivity index (χ3n) is 5.91. The fourth-order valence-corrected chi connectivity index (χ4v) is 4.77. The van der Waals surface area contributed by atoms with Crippen LogP contribution in [0.5, 0.6) is 5.75 Å². The minimum absolute atomic E-state index is 0.108. The minimum atomic E-state index is -0.993. The van der Waals surface area contributed by atoms with E-state index in [2.05, 4.69) is 5.10 Å². The third kappa shape index (κ3) is 3.78. The van der Waals surface area contributed by atoms with Crippen molar-refractivity contribution < 1.29 is 19.2 Å². The molecule has 0 N–H and O–H groups in total. The molecule has 11 heteroatoms. The van der Waals surface area contributed by atoms with Gasteiger partial charge in [0, 0.05) is 22.7 Å². The Morgan fingerprint density at radius 2 is 1.60 bits per heavy atom. The summed E-state index contributed by atoms with van der Waals surface area (Å²) in [6.45, 7) is 0. The van der Waals surface area contributed by atoms with Gasteiger partial charge < -0.3 is 4.74 Å². The van der Waals surface area contributed by atoms with Gasteiger partial charge in [0.2, 0.25) is 5.91 Å². The van der Waals surface area contributed by atoms with E-state index in [0.717, 1.165) is 4.90 Å². The molecule has 2 heterocycles. The van der Waals surface area contributed by atoms with E-state index in [1.54, 1.807) is 36.4 Å². The van der Waals surface area contributed by atoms with Crippen molar-refractivity contribution in [1.29, 1.82) is 0 Å². The highest BCUT2D eigenvalue weighted by molar-refractivity contribution is 6.40. The Hall–Kier alpha value is -3.95. The molecular formula is C24H16Cl2N4O5. The van der Waals surface area contributed by atoms with Crippen LogP contribution >= 0.6 is 23.2 Å². The van der Waals surface area contributed by atoms with Gasteiger partial charge in [-0.05, 0) is 48.5 Å². The molecule has 2 aliphatic rings. The molecule has 2 atom stereocenters. The first kappa shape index (κ1) is 22.8. The number of carbonyl (C=O) groups is 2. The molecule has 0 aliphatic carbocycles. The number of ether oxygens (including phenoxy) is 1. The van der Waals surface area contributed by atoms with Gasteiger partial charge in [0.1, 0.15) is 17.7 Å². The molecule has 3 aromatic rings. The zero-order valence-electron chi connectivity index (χ0n) is 18.1. The predicted molar refractivity (Wildman–Crippen MR) is 131 cm³/mol. The van der Waals surface area contributed by atoms with Crippen LogP contribution < -0.4 is 14.6 Å². The van der Waals surface area contributed by atoms with E-state index in [1.807, 2.05) is 0 Å². The number of anilines is 2. The number of rotatable bonds is 5. The standard InChI is InChI=1S/C24H16Cl2N4O5/c1-35-17-9-7-14(8-10-17)28-23(31)20-21(18-11-2-13(25)12-19(18)26)27-29(22(20)24(28)32)15-3-5-16(6-4-15)30(33)34/h2-12,20,22H,1H3. The molecule has 1 saturated heterocycles. The van der Waals surface area contributed by atoms with E-state index in [9.17, 15) is 19.7 Å². The zero-order valence-corrected chi connectivity index (χ0v) is 19.6. The number of nitro groups is 1. The molecule has 0 saturated carbocycles. The van der Waals surface area contributed by atoms with Crippen LogP contribution in [0.4, 0.5) is 17.1 Å². The Morgan fingerprint density at radius 3 is 2.20 bits per heavy atom. The highest BCUT2D eigenvalue weighted by Gasteiger charge is 2.57. The molecule has 0 aromatic heterocycles. The van der Waals surface area contributed by atoms with Crippen molar-refractivity contribution in [2.75, 3.05) is 17.0 Å². The largest absolute Gasteiger partial charge is 0.497 e. The van der Waals surface area contributed by atoms with Crippen molar-refractivity contribution in [3.05, 3.63) is 92.5 Å². The number of hydrogen-bond acceptors (Lipinski definition) is 7. The van der Waals surface area contributed by atoms with Gasteiger partial charge in [-0.1, -0.05) is 29.3 Å². The van der Waals surface area contributed by atoms with Gasteiger partial charge in [0.05, 0.1) is 34.1 Å². The number of methoxy groups -OCH3 is 1. The van der Waals surface area contributed by atoms with Crippen LogP contribution in [0.3, 0.4) is 0 Å². The molecule has 9 nitrogen and oxygen atoms in total. The summed E-state index contributed by atoms with van der Waals surface area (Å²) >= 11 is 12.5. The monoisotopic (exact) mass is 510 g/mol. The maximum atomic E-state index is 13.6. The Balaban J connectivity index is 1.62. The van der Waals surface area contributed by atoms with E-state index >= 15 is 0 Å². The fourth-order valence-electron chi connectivity index (χ4n) is 4.26. The number of nitro benzene ring substituents is 1. The highest BCUT2D eigenvalue weighted by atomic mass is 35.5. The second-order valence-corrected chi connectivity index (χ2v) is 8.70. The molecule has 2 aliphatic heterocycles. The van der Waals surface area contributed by atoms with Gasteiger partial charge in [-0.15, -0.1) is 0 Å². The maximum absolute atomic E-state index is 13.6. The average Bonchev–Trinajstić information content (AvgIpc) is 3.36. The van der Waals surface area contributed by atoms with E-state index < -0.39 is 28.7 Å². The van der Waals surface area contributed by atoms with Crippen molar-refractivity contribution in [3.8, 4) is 5.75 Å². The van der Waals surface area contributed by atoms with Gasteiger partial charge in [-0.25, -0.2) is 4.90 Å². The third-order valence-corrected chi connectivity index (χ3v) is 6.46. The molecule has 5 rings (SSSR count). The zero-order chi connectivity index (χ0) is 24.9. The number of benzene rings is 3. The summed E-state index contributed by atoms with van der Waals surface area (Å²) in [4.78, 5) is 38.9. The van der Waals surface area contributed by atoms with Crippen LogP contribution in [0.15, 0.2) is 71.8 Å². The number of carbonyl (C=O) groups excluding carboxylic acids is 2. The van der Waals surface area contributed by atoms with Crippen LogP contribution in [0.1, 0.15) is 5.56 Å². The van der Waals surface area contributed by atoms with Crippen molar-refractivity contribution >= 4 is 57.8 Å². The molecule has 176 valence electrons. The predicted octanol–water partition coefficient (Wildman–Crippen LogP) is 4.69. The molecule has 2 unspecified atom stereocenters. The van der Waals surface area contributed by atoms with Crippen LogP contribution in [-0.4, -0.2) is 35.6 Å². The minimum Gasteiger partial charge on any atom is -0.497 e. The summed E-state index contributed by atoms with van der Waals surface area (Å²) in [5.74, 6) is -1.30. The number of hydrazone groups is 1. The Labute approximate surface area is 209 Å². The smallest absolute Gasteiger partial charge is 0.269 e. The summed E-state index contributed by atoms with van der Waals surface area (Å²) < 4.78 is 5.17. The number of nitrogens with zero attached hydrogens (tertiary/aromatic N) is 4. The van der Waals surface area contributed by atoms with Crippen molar-refractivity contribution in [2.24, 2.45) is 11.0 Å². The first-order valence-electron chi connectivity index (χ1n) is 10.4. The molecule has 3 aromatic carbocycles. The van der Waals surface area contributed by atoms with Gasteiger partial charge in [-0.3, -0.25) is 24.7 Å². The molecule has 0 spiro atoms. The number of amides is 2. The molecule has 35 heavy (non-hydrogen) atoms. The molecule has 0 radical (unpaired) electrons. The van der Waals surface area contributed by atoms with Gasteiger partial charge in [-0.2, -0.15) is 5.10 Å². The second kappa shape index (κ2) is 8.68. The van der Waals surface area contributed by atoms with Gasteiger partial charge >= 0.3 is 0 Å². The highest BCUT2D eigenvalue weighted by Crippen LogP contribution is 2.41. The van der Waals surface area contributed by atoms with Crippen molar-refractivity contribution in [3.63, 3.8) is 0 Å².